The lowest BCUT2D eigenvalue weighted by atomic mass is 10.2. The van der Waals surface area contributed by atoms with Gasteiger partial charge in [0, 0.05) is 13.1 Å². The summed E-state index contributed by atoms with van der Waals surface area (Å²) in [7, 11) is 0. The first kappa shape index (κ1) is 16.1. The Labute approximate surface area is 137 Å². The number of aromatic nitrogens is 3. The van der Waals surface area contributed by atoms with Crippen LogP contribution >= 0.6 is 0 Å². The van der Waals surface area contributed by atoms with Gasteiger partial charge in [-0.15, -0.1) is 0 Å². The molecule has 0 atom stereocenters. The molecule has 0 saturated carbocycles. The number of nitrogens with zero attached hydrogens (tertiary/aromatic N) is 3. The standard InChI is InChI=1S/C17H16F2N4O/c18-17(19)24-16-8-6-13(7-9-16)10-20-11-14-12-21-23(22-14)15-4-2-1-3-5-15/h1-9,12,17,20H,10-11H2. The Balaban J connectivity index is 1.51. The van der Waals surface area contributed by atoms with Crippen LogP contribution in [0.1, 0.15) is 11.3 Å². The Morgan fingerprint density at radius 2 is 1.75 bits per heavy atom. The highest BCUT2D eigenvalue weighted by atomic mass is 19.3. The van der Waals surface area contributed by atoms with Crippen molar-refractivity contribution in [3.63, 3.8) is 0 Å². The van der Waals surface area contributed by atoms with Gasteiger partial charge in [0.15, 0.2) is 0 Å². The summed E-state index contributed by atoms with van der Waals surface area (Å²) in [5, 5.41) is 11.9. The fraction of sp³-hybridized carbons (Fsp3) is 0.176. The minimum atomic E-state index is -2.80. The van der Waals surface area contributed by atoms with Crippen LogP contribution in [0.3, 0.4) is 0 Å². The van der Waals surface area contributed by atoms with E-state index in [1.165, 1.54) is 12.1 Å². The average molecular weight is 330 g/mol. The minimum absolute atomic E-state index is 0.152. The van der Waals surface area contributed by atoms with Crippen LogP contribution in [0.15, 0.2) is 60.8 Å². The summed E-state index contributed by atoms with van der Waals surface area (Å²) >= 11 is 0. The Morgan fingerprint density at radius 3 is 2.46 bits per heavy atom. The molecule has 1 N–H and O–H groups in total. The Hall–Kier alpha value is -2.80. The van der Waals surface area contributed by atoms with Crippen LogP contribution < -0.4 is 10.1 Å². The van der Waals surface area contributed by atoms with Gasteiger partial charge in [-0.05, 0) is 29.8 Å². The van der Waals surface area contributed by atoms with Crippen molar-refractivity contribution in [2.24, 2.45) is 0 Å². The number of benzene rings is 2. The predicted molar refractivity (Wildman–Crippen MR) is 85.0 cm³/mol. The third-order valence-electron chi connectivity index (χ3n) is 3.31. The fourth-order valence-corrected chi connectivity index (χ4v) is 2.19. The molecule has 124 valence electrons. The second-order valence-corrected chi connectivity index (χ2v) is 5.09. The molecule has 0 saturated heterocycles. The maximum Gasteiger partial charge on any atom is 0.387 e. The van der Waals surface area contributed by atoms with Crippen molar-refractivity contribution < 1.29 is 13.5 Å². The molecule has 2 aromatic carbocycles. The number of halogens is 2. The molecule has 1 aromatic heterocycles. The second kappa shape index (κ2) is 7.65. The van der Waals surface area contributed by atoms with E-state index in [4.69, 9.17) is 0 Å². The molecule has 0 aliphatic carbocycles. The molecule has 7 heteroatoms. The van der Waals surface area contributed by atoms with Gasteiger partial charge in [-0.1, -0.05) is 30.3 Å². The summed E-state index contributed by atoms with van der Waals surface area (Å²) < 4.78 is 28.5. The molecular formula is C17H16F2N4O. The average Bonchev–Trinajstić information content (AvgIpc) is 3.06. The van der Waals surface area contributed by atoms with E-state index in [2.05, 4.69) is 20.3 Å². The molecule has 0 spiro atoms. The van der Waals surface area contributed by atoms with E-state index in [-0.39, 0.29) is 5.75 Å². The first-order chi connectivity index (χ1) is 11.7. The highest BCUT2D eigenvalue weighted by Gasteiger charge is 2.04. The van der Waals surface area contributed by atoms with Crippen LogP contribution in [0.25, 0.3) is 5.69 Å². The quantitative estimate of drug-likeness (QED) is 0.723. The smallest absolute Gasteiger partial charge is 0.387 e. The fourth-order valence-electron chi connectivity index (χ4n) is 2.19. The molecule has 0 aliphatic heterocycles. The van der Waals surface area contributed by atoms with Crippen molar-refractivity contribution in [2.45, 2.75) is 19.7 Å². The molecule has 24 heavy (non-hydrogen) atoms. The zero-order valence-corrected chi connectivity index (χ0v) is 12.8. The molecule has 5 nitrogen and oxygen atoms in total. The van der Waals surface area contributed by atoms with E-state index < -0.39 is 6.61 Å². The molecule has 3 aromatic rings. The van der Waals surface area contributed by atoms with E-state index in [1.807, 2.05) is 30.3 Å². The number of nitrogens with one attached hydrogen (secondary N) is 1. The van der Waals surface area contributed by atoms with Gasteiger partial charge in [0.05, 0.1) is 17.6 Å². The summed E-state index contributed by atoms with van der Waals surface area (Å²) in [6.45, 7) is -1.66. The number of ether oxygens (including phenoxy) is 1. The second-order valence-electron chi connectivity index (χ2n) is 5.09. The topological polar surface area (TPSA) is 52.0 Å². The van der Waals surface area contributed by atoms with Crippen molar-refractivity contribution >= 4 is 0 Å². The van der Waals surface area contributed by atoms with Crippen LogP contribution in [-0.2, 0) is 13.1 Å². The summed E-state index contributed by atoms with van der Waals surface area (Å²) in [5.74, 6) is 0.152. The molecule has 0 aliphatic rings. The number of hydrogen-bond acceptors (Lipinski definition) is 4. The summed E-state index contributed by atoms with van der Waals surface area (Å²) in [6.07, 6.45) is 1.71. The number of rotatable bonds is 7. The Morgan fingerprint density at radius 1 is 1.00 bits per heavy atom. The normalized spacial score (nSPS) is 11.0. The van der Waals surface area contributed by atoms with E-state index in [0.717, 1.165) is 16.9 Å². The van der Waals surface area contributed by atoms with Crippen molar-refractivity contribution in [1.29, 1.82) is 0 Å². The van der Waals surface area contributed by atoms with Gasteiger partial charge in [0.25, 0.3) is 0 Å². The van der Waals surface area contributed by atoms with Gasteiger partial charge >= 0.3 is 6.61 Å². The van der Waals surface area contributed by atoms with E-state index >= 15 is 0 Å². The highest BCUT2D eigenvalue weighted by molar-refractivity contribution is 5.29. The van der Waals surface area contributed by atoms with Crippen LogP contribution in [0.2, 0.25) is 0 Å². The molecule has 0 amide bonds. The highest BCUT2D eigenvalue weighted by Crippen LogP contribution is 2.14. The number of hydrogen-bond donors (Lipinski definition) is 1. The van der Waals surface area contributed by atoms with Gasteiger partial charge in [-0.25, -0.2) is 0 Å². The van der Waals surface area contributed by atoms with Gasteiger partial charge in [-0.3, -0.25) is 0 Å². The van der Waals surface area contributed by atoms with Crippen LogP contribution in [0, 0.1) is 0 Å². The lowest BCUT2D eigenvalue weighted by Gasteiger charge is -2.06. The van der Waals surface area contributed by atoms with E-state index in [9.17, 15) is 8.78 Å². The summed E-state index contributed by atoms with van der Waals surface area (Å²) in [4.78, 5) is 1.58. The van der Waals surface area contributed by atoms with Crippen LogP contribution in [0.4, 0.5) is 8.78 Å². The molecule has 1 heterocycles. The first-order valence-corrected chi connectivity index (χ1v) is 7.42. The Kier molecular flexibility index (Phi) is 5.12. The Bertz CT molecular complexity index is 760. The zero-order chi connectivity index (χ0) is 16.8. The molecule has 0 unspecified atom stereocenters. The lowest BCUT2D eigenvalue weighted by molar-refractivity contribution is -0.0498. The van der Waals surface area contributed by atoms with Gasteiger partial charge < -0.3 is 10.1 Å². The van der Waals surface area contributed by atoms with Crippen molar-refractivity contribution in [1.82, 2.24) is 20.3 Å². The van der Waals surface area contributed by atoms with E-state index in [1.54, 1.807) is 23.1 Å². The largest absolute Gasteiger partial charge is 0.435 e. The SMILES string of the molecule is FC(F)Oc1ccc(CNCc2cnn(-c3ccccc3)n2)cc1. The van der Waals surface area contributed by atoms with Gasteiger partial charge in [0.2, 0.25) is 0 Å². The number of para-hydroxylation sites is 1. The molecular weight excluding hydrogens is 314 g/mol. The molecule has 3 rings (SSSR count). The van der Waals surface area contributed by atoms with Crippen molar-refractivity contribution in [3.05, 3.63) is 72.1 Å². The van der Waals surface area contributed by atoms with Crippen LogP contribution in [0.5, 0.6) is 5.75 Å². The maximum absolute atomic E-state index is 12.1. The first-order valence-electron chi connectivity index (χ1n) is 7.42. The third kappa shape index (κ3) is 4.36. The molecule has 0 fully saturated rings. The zero-order valence-electron chi connectivity index (χ0n) is 12.8. The van der Waals surface area contributed by atoms with Gasteiger partial charge in [0.1, 0.15) is 5.75 Å². The minimum Gasteiger partial charge on any atom is -0.435 e. The summed E-state index contributed by atoms with van der Waals surface area (Å²) in [6, 6.07) is 16.2. The van der Waals surface area contributed by atoms with Crippen molar-refractivity contribution in [3.8, 4) is 11.4 Å². The summed E-state index contributed by atoms with van der Waals surface area (Å²) in [5.41, 5.74) is 2.68. The monoisotopic (exact) mass is 330 g/mol. The van der Waals surface area contributed by atoms with Crippen LogP contribution in [-0.4, -0.2) is 21.6 Å². The lowest BCUT2D eigenvalue weighted by Crippen LogP contribution is -2.13. The predicted octanol–water partition coefficient (Wildman–Crippen LogP) is 3.16. The molecule has 0 bridgehead atoms. The maximum atomic E-state index is 12.1. The molecule has 0 radical (unpaired) electrons. The van der Waals surface area contributed by atoms with E-state index in [0.29, 0.717) is 13.1 Å². The third-order valence-corrected chi connectivity index (χ3v) is 3.31. The van der Waals surface area contributed by atoms with Crippen molar-refractivity contribution in [2.75, 3.05) is 0 Å². The van der Waals surface area contributed by atoms with Gasteiger partial charge in [-0.2, -0.15) is 23.8 Å². The number of alkyl halides is 2.